The maximum atomic E-state index is 13.6. The molecule has 3 aromatic carbocycles. The van der Waals surface area contributed by atoms with Crippen molar-refractivity contribution in [3.63, 3.8) is 0 Å². The molecule has 6 nitrogen and oxygen atoms in total. The number of carbonyl (C=O) groups is 2. The van der Waals surface area contributed by atoms with Crippen molar-refractivity contribution in [3.8, 4) is 0 Å². The smallest absolute Gasteiger partial charge is 0.245 e. The Morgan fingerprint density at radius 1 is 1.00 bits per heavy atom. The maximum absolute atomic E-state index is 13.6. The van der Waals surface area contributed by atoms with Crippen molar-refractivity contribution in [1.29, 1.82) is 0 Å². The summed E-state index contributed by atoms with van der Waals surface area (Å²) in [6.45, 7) is 1.64. The first kappa shape index (κ1) is 28.6. The normalized spacial score (nSPS) is 15.4. The van der Waals surface area contributed by atoms with Crippen LogP contribution in [-0.2, 0) is 29.1 Å². The van der Waals surface area contributed by atoms with Crippen molar-refractivity contribution < 1.29 is 9.59 Å². The topological polar surface area (TPSA) is 64.7 Å². The number of benzene rings is 3. The summed E-state index contributed by atoms with van der Waals surface area (Å²) in [6, 6.07) is 26.4. The monoisotopic (exact) mass is 562 g/mol. The quantitative estimate of drug-likeness (QED) is 0.342. The molecule has 0 spiro atoms. The van der Waals surface area contributed by atoms with Crippen LogP contribution in [0.2, 0.25) is 5.02 Å². The summed E-state index contributed by atoms with van der Waals surface area (Å²) in [6.07, 6.45) is 2.72. The fourth-order valence-corrected chi connectivity index (χ4v) is 5.37. The second kappa shape index (κ2) is 14.1. The van der Waals surface area contributed by atoms with Crippen LogP contribution >= 0.6 is 23.8 Å². The minimum Gasteiger partial charge on any atom is -0.358 e. The first-order valence-electron chi connectivity index (χ1n) is 13.3. The maximum Gasteiger partial charge on any atom is 0.245 e. The van der Waals surface area contributed by atoms with E-state index in [1.807, 2.05) is 89.8 Å². The molecule has 4 rings (SSSR count). The zero-order valence-corrected chi connectivity index (χ0v) is 23.8. The summed E-state index contributed by atoms with van der Waals surface area (Å²) in [5, 5.41) is 7.52. The van der Waals surface area contributed by atoms with Gasteiger partial charge in [0.25, 0.3) is 0 Å². The fourth-order valence-electron chi connectivity index (χ4n) is 4.88. The van der Waals surface area contributed by atoms with Gasteiger partial charge in [-0.05, 0) is 60.7 Å². The Hall–Kier alpha value is -3.42. The molecule has 39 heavy (non-hydrogen) atoms. The Kier molecular flexibility index (Phi) is 10.3. The third-order valence-corrected chi connectivity index (χ3v) is 7.77. The molecule has 204 valence electrons. The van der Waals surface area contributed by atoms with E-state index < -0.39 is 12.1 Å². The lowest BCUT2D eigenvalue weighted by Gasteiger charge is -2.30. The third-order valence-electron chi connectivity index (χ3n) is 7.02. The number of amides is 2. The van der Waals surface area contributed by atoms with Crippen LogP contribution in [0.1, 0.15) is 36.0 Å². The molecule has 3 aromatic rings. The highest BCUT2D eigenvalue weighted by molar-refractivity contribution is 7.80. The van der Waals surface area contributed by atoms with Gasteiger partial charge in [0.15, 0.2) is 5.11 Å². The summed E-state index contributed by atoms with van der Waals surface area (Å²) < 4.78 is 0. The van der Waals surface area contributed by atoms with Gasteiger partial charge >= 0.3 is 0 Å². The van der Waals surface area contributed by atoms with Gasteiger partial charge in [0, 0.05) is 31.7 Å². The number of halogens is 1. The summed E-state index contributed by atoms with van der Waals surface area (Å²) in [5.41, 5.74) is 3.11. The molecule has 1 heterocycles. The molecular formula is C31H35ClN4O2S. The number of rotatable bonds is 10. The lowest BCUT2D eigenvalue weighted by Crippen LogP contribution is -2.54. The van der Waals surface area contributed by atoms with E-state index in [9.17, 15) is 9.59 Å². The van der Waals surface area contributed by atoms with E-state index in [-0.39, 0.29) is 11.8 Å². The Labute approximate surface area is 241 Å². The van der Waals surface area contributed by atoms with Gasteiger partial charge in [-0.15, -0.1) is 0 Å². The molecule has 1 fully saturated rings. The number of hydrogen-bond donors (Lipinski definition) is 2. The number of carbonyl (C=O) groups excluding carboxylic acids is 2. The van der Waals surface area contributed by atoms with Crippen LogP contribution in [-0.4, -0.2) is 52.4 Å². The van der Waals surface area contributed by atoms with Crippen LogP contribution in [0.4, 0.5) is 0 Å². The molecule has 0 aliphatic carbocycles. The molecule has 0 radical (unpaired) electrons. The van der Waals surface area contributed by atoms with E-state index in [1.165, 1.54) is 0 Å². The van der Waals surface area contributed by atoms with E-state index in [0.717, 1.165) is 23.1 Å². The van der Waals surface area contributed by atoms with Gasteiger partial charge in [0.2, 0.25) is 11.8 Å². The number of likely N-dealkylation sites (tertiary alicyclic amines) is 1. The second-order valence-electron chi connectivity index (χ2n) is 9.87. The van der Waals surface area contributed by atoms with Gasteiger partial charge < -0.3 is 20.4 Å². The van der Waals surface area contributed by atoms with Gasteiger partial charge in [-0.1, -0.05) is 90.5 Å². The highest BCUT2D eigenvalue weighted by atomic mass is 35.5. The zero-order chi connectivity index (χ0) is 27.6. The third kappa shape index (κ3) is 8.04. The molecule has 8 heteroatoms. The Bertz CT molecular complexity index is 1260. The molecule has 0 unspecified atom stereocenters. The number of likely N-dealkylation sites (N-methyl/N-ethyl adjacent to an activating group) is 1. The van der Waals surface area contributed by atoms with Crippen molar-refractivity contribution >= 4 is 40.7 Å². The van der Waals surface area contributed by atoms with Crippen molar-refractivity contribution in [1.82, 2.24) is 20.4 Å². The van der Waals surface area contributed by atoms with Crippen LogP contribution < -0.4 is 10.6 Å². The molecule has 0 saturated carbocycles. The summed E-state index contributed by atoms with van der Waals surface area (Å²) >= 11 is 12.0. The predicted octanol–water partition coefficient (Wildman–Crippen LogP) is 4.96. The van der Waals surface area contributed by atoms with Crippen LogP contribution in [0.25, 0.3) is 0 Å². The number of nitrogens with zero attached hydrogens (tertiary/aromatic N) is 2. The largest absolute Gasteiger partial charge is 0.358 e. The number of hydrogen-bond acceptors (Lipinski definition) is 3. The van der Waals surface area contributed by atoms with Crippen LogP contribution in [0, 0.1) is 0 Å². The fraction of sp³-hybridized carbons (Fsp3) is 0.323. The van der Waals surface area contributed by atoms with E-state index >= 15 is 0 Å². The Balaban J connectivity index is 1.42. The lowest BCUT2D eigenvalue weighted by atomic mass is 10.0. The van der Waals surface area contributed by atoms with Crippen molar-refractivity contribution in [2.75, 3.05) is 13.6 Å². The van der Waals surface area contributed by atoms with Gasteiger partial charge in [-0.3, -0.25) is 9.59 Å². The first-order chi connectivity index (χ1) is 18.9. The second-order valence-corrected chi connectivity index (χ2v) is 10.7. The van der Waals surface area contributed by atoms with Gasteiger partial charge in [-0.2, -0.15) is 0 Å². The average Bonchev–Trinajstić information content (AvgIpc) is 3.46. The average molecular weight is 563 g/mol. The molecule has 1 aliphatic heterocycles. The highest BCUT2D eigenvalue weighted by Crippen LogP contribution is 2.20. The van der Waals surface area contributed by atoms with E-state index in [1.54, 1.807) is 11.9 Å². The minimum atomic E-state index is -0.640. The molecule has 0 bridgehead atoms. The molecule has 2 atom stereocenters. The van der Waals surface area contributed by atoms with Crippen LogP contribution in [0.5, 0.6) is 0 Å². The Morgan fingerprint density at radius 2 is 1.64 bits per heavy atom. The summed E-state index contributed by atoms with van der Waals surface area (Å²) in [4.78, 5) is 30.7. The predicted molar refractivity (Wildman–Crippen MR) is 160 cm³/mol. The summed E-state index contributed by atoms with van der Waals surface area (Å²) in [7, 11) is 1.78. The van der Waals surface area contributed by atoms with Gasteiger partial charge in [0.05, 0.1) is 0 Å². The molecule has 0 aromatic heterocycles. The van der Waals surface area contributed by atoms with E-state index in [2.05, 4.69) is 10.6 Å². The van der Waals surface area contributed by atoms with Gasteiger partial charge in [0.1, 0.15) is 12.1 Å². The highest BCUT2D eigenvalue weighted by Gasteiger charge is 2.35. The molecular weight excluding hydrogens is 528 g/mol. The van der Waals surface area contributed by atoms with Crippen LogP contribution in [0.3, 0.4) is 0 Å². The van der Waals surface area contributed by atoms with Gasteiger partial charge in [-0.25, -0.2) is 0 Å². The number of nitrogens with one attached hydrogen (secondary N) is 2. The lowest BCUT2D eigenvalue weighted by molar-refractivity contribution is -0.136. The Morgan fingerprint density at radius 3 is 2.33 bits per heavy atom. The standard InChI is InChI=1S/C31H35ClN4O2S/c1-35(22-24-13-6-3-7-14-24)30(38)27(19-18-23-11-4-2-5-12-23)34-29(37)28-17-10-20-36(28)31(39)33-21-25-15-8-9-16-26(25)32/h2-9,11-16,27-28H,10,17-22H2,1H3,(H,33,39)(H,34,37)/t27-,28-/m0/s1. The molecule has 1 aliphatic rings. The summed E-state index contributed by atoms with van der Waals surface area (Å²) in [5.74, 6) is -0.277. The number of aryl methyl sites for hydroxylation is 1. The van der Waals surface area contributed by atoms with E-state index in [4.69, 9.17) is 23.8 Å². The first-order valence-corrected chi connectivity index (χ1v) is 14.1. The van der Waals surface area contributed by atoms with E-state index in [0.29, 0.717) is 49.0 Å². The molecule has 2 amide bonds. The SMILES string of the molecule is CN(Cc1ccccc1)C(=O)[C@H](CCc1ccccc1)NC(=O)[C@@H]1CCCN1C(=S)NCc1ccccc1Cl. The number of thiocarbonyl (C=S) groups is 1. The van der Waals surface area contributed by atoms with Crippen molar-refractivity contribution in [2.45, 2.75) is 50.9 Å². The van der Waals surface area contributed by atoms with Crippen molar-refractivity contribution in [3.05, 3.63) is 107 Å². The van der Waals surface area contributed by atoms with Crippen LogP contribution in [0.15, 0.2) is 84.9 Å². The zero-order valence-electron chi connectivity index (χ0n) is 22.2. The van der Waals surface area contributed by atoms with Crippen molar-refractivity contribution in [2.24, 2.45) is 0 Å². The minimum absolute atomic E-state index is 0.105. The molecule has 1 saturated heterocycles. The molecule has 2 N–H and O–H groups in total.